The van der Waals surface area contributed by atoms with Crippen molar-refractivity contribution < 1.29 is 5.11 Å². The largest absolute Gasteiger partial charge is 0.398 e. The van der Waals surface area contributed by atoms with E-state index in [9.17, 15) is 5.11 Å². The van der Waals surface area contributed by atoms with Crippen LogP contribution in [-0.2, 0) is 0 Å². The van der Waals surface area contributed by atoms with Gasteiger partial charge in [0.1, 0.15) is 5.82 Å². The predicted molar refractivity (Wildman–Crippen MR) is 58.2 cm³/mol. The first kappa shape index (κ1) is 10.8. The molecule has 4 heteroatoms. The summed E-state index contributed by atoms with van der Waals surface area (Å²) in [5.74, 6) is 0.690. The minimum Gasteiger partial charge on any atom is -0.398 e. The van der Waals surface area contributed by atoms with E-state index in [2.05, 4.69) is 10.3 Å². The molecule has 0 aromatic carbocycles. The Hall–Kier alpha value is -1.29. The van der Waals surface area contributed by atoms with Crippen LogP contribution in [0.15, 0.2) is 12.3 Å². The Morgan fingerprint density at radius 3 is 2.71 bits per heavy atom. The van der Waals surface area contributed by atoms with E-state index in [0.717, 1.165) is 5.56 Å². The number of nitrogens with one attached hydrogen (secondary N) is 1. The Morgan fingerprint density at radius 1 is 1.57 bits per heavy atom. The summed E-state index contributed by atoms with van der Waals surface area (Å²) in [6.45, 7) is 5.82. The van der Waals surface area contributed by atoms with Crippen molar-refractivity contribution in [2.45, 2.75) is 26.4 Å². The van der Waals surface area contributed by atoms with Gasteiger partial charge in [0.15, 0.2) is 0 Å². The van der Waals surface area contributed by atoms with Crippen molar-refractivity contribution in [1.29, 1.82) is 0 Å². The highest BCUT2D eigenvalue weighted by Gasteiger charge is 2.11. The number of nitrogens with two attached hydrogens (primary N) is 1. The molecule has 0 saturated heterocycles. The van der Waals surface area contributed by atoms with Gasteiger partial charge in [-0.3, -0.25) is 0 Å². The summed E-state index contributed by atoms with van der Waals surface area (Å²) in [4.78, 5) is 4.14. The number of aromatic nitrogens is 1. The fourth-order valence-electron chi connectivity index (χ4n) is 0.943. The van der Waals surface area contributed by atoms with Crippen LogP contribution in [0.5, 0.6) is 0 Å². The molecule has 0 atom stereocenters. The number of hydrogen-bond donors (Lipinski definition) is 3. The van der Waals surface area contributed by atoms with Crippen LogP contribution in [0.2, 0.25) is 0 Å². The molecule has 1 rings (SSSR count). The number of anilines is 2. The van der Waals surface area contributed by atoms with Gasteiger partial charge in [-0.05, 0) is 26.3 Å². The average Bonchev–Trinajstić information content (AvgIpc) is 2.06. The topological polar surface area (TPSA) is 71.2 Å². The molecular formula is C10H17N3O. The van der Waals surface area contributed by atoms with Crippen molar-refractivity contribution in [2.75, 3.05) is 17.6 Å². The summed E-state index contributed by atoms with van der Waals surface area (Å²) < 4.78 is 0. The molecule has 1 aromatic heterocycles. The van der Waals surface area contributed by atoms with Crippen LogP contribution in [0.25, 0.3) is 0 Å². The van der Waals surface area contributed by atoms with E-state index in [4.69, 9.17) is 5.73 Å². The molecule has 1 heterocycles. The van der Waals surface area contributed by atoms with Gasteiger partial charge in [0, 0.05) is 24.5 Å². The first-order chi connectivity index (χ1) is 6.38. The zero-order valence-corrected chi connectivity index (χ0v) is 8.83. The van der Waals surface area contributed by atoms with Gasteiger partial charge in [-0.2, -0.15) is 0 Å². The second-order valence-electron chi connectivity index (χ2n) is 4.09. The van der Waals surface area contributed by atoms with Crippen molar-refractivity contribution in [2.24, 2.45) is 0 Å². The Kier molecular flexibility index (Phi) is 2.96. The fraction of sp³-hybridized carbons (Fsp3) is 0.500. The Labute approximate surface area is 84.2 Å². The predicted octanol–water partition coefficient (Wildman–Crippen LogP) is 1.16. The van der Waals surface area contributed by atoms with Gasteiger partial charge in [0.05, 0.1) is 5.60 Å². The lowest BCUT2D eigenvalue weighted by molar-refractivity contribution is 0.0944. The van der Waals surface area contributed by atoms with Gasteiger partial charge in [0.25, 0.3) is 0 Å². The molecule has 1 aromatic rings. The molecule has 78 valence electrons. The van der Waals surface area contributed by atoms with Crippen molar-refractivity contribution in [1.82, 2.24) is 4.98 Å². The summed E-state index contributed by atoms with van der Waals surface area (Å²) in [5, 5.41) is 12.5. The SMILES string of the molecule is Cc1cnc(NCC(C)(C)O)cc1N. The summed E-state index contributed by atoms with van der Waals surface area (Å²) in [6.07, 6.45) is 1.71. The molecule has 14 heavy (non-hydrogen) atoms. The zero-order valence-electron chi connectivity index (χ0n) is 8.83. The van der Waals surface area contributed by atoms with Crippen LogP contribution in [0.3, 0.4) is 0 Å². The molecule has 0 unspecified atom stereocenters. The Morgan fingerprint density at radius 2 is 2.21 bits per heavy atom. The van der Waals surface area contributed by atoms with Gasteiger partial charge in [-0.25, -0.2) is 4.98 Å². The third-order valence-corrected chi connectivity index (χ3v) is 1.85. The molecule has 4 nitrogen and oxygen atoms in total. The lowest BCUT2D eigenvalue weighted by Gasteiger charge is -2.18. The maximum Gasteiger partial charge on any atom is 0.128 e. The van der Waals surface area contributed by atoms with Crippen LogP contribution in [0.1, 0.15) is 19.4 Å². The highest BCUT2D eigenvalue weighted by atomic mass is 16.3. The Bertz CT molecular complexity index is 318. The lowest BCUT2D eigenvalue weighted by Crippen LogP contribution is -2.29. The van der Waals surface area contributed by atoms with Crippen molar-refractivity contribution in [3.8, 4) is 0 Å². The molecule has 0 aliphatic heterocycles. The molecule has 0 aliphatic carbocycles. The first-order valence-electron chi connectivity index (χ1n) is 4.57. The van der Waals surface area contributed by atoms with E-state index < -0.39 is 5.60 Å². The van der Waals surface area contributed by atoms with E-state index in [0.29, 0.717) is 18.1 Å². The number of pyridine rings is 1. The van der Waals surface area contributed by atoms with Crippen molar-refractivity contribution in [3.63, 3.8) is 0 Å². The first-order valence-corrected chi connectivity index (χ1v) is 4.57. The molecule has 0 fully saturated rings. The maximum atomic E-state index is 9.48. The van der Waals surface area contributed by atoms with Gasteiger partial charge in [0.2, 0.25) is 0 Å². The minimum atomic E-state index is -0.749. The van der Waals surface area contributed by atoms with Gasteiger partial charge in [-0.15, -0.1) is 0 Å². The summed E-state index contributed by atoms with van der Waals surface area (Å²) in [6, 6.07) is 1.76. The monoisotopic (exact) mass is 195 g/mol. The van der Waals surface area contributed by atoms with Crippen LogP contribution in [0.4, 0.5) is 11.5 Å². The van der Waals surface area contributed by atoms with E-state index in [-0.39, 0.29) is 0 Å². The minimum absolute atomic E-state index is 0.447. The zero-order chi connectivity index (χ0) is 10.8. The quantitative estimate of drug-likeness (QED) is 0.676. The lowest BCUT2D eigenvalue weighted by atomic mass is 10.1. The molecule has 0 bridgehead atoms. The highest BCUT2D eigenvalue weighted by molar-refractivity contribution is 5.53. The summed E-state index contributed by atoms with van der Waals surface area (Å²) in [7, 11) is 0. The average molecular weight is 195 g/mol. The molecular weight excluding hydrogens is 178 g/mol. The van der Waals surface area contributed by atoms with Crippen LogP contribution in [0, 0.1) is 6.92 Å². The number of nitrogens with zero attached hydrogens (tertiary/aromatic N) is 1. The second-order valence-corrected chi connectivity index (χ2v) is 4.09. The third kappa shape index (κ3) is 3.22. The van der Waals surface area contributed by atoms with E-state index in [1.165, 1.54) is 0 Å². The molecule has 0 saturated carbocycles. The summed E-state index contributed by atoms with van der Waals surface area (Å²) >= 11 is 0. The van der Waals surface area contributed by atoms with Crippen LogP contribution < -0.4 is 11.1 Å². The number of aliphatic hydroxyl groups is 1. The third-order valence-electron chi connectivity index (χ3n) is 1.85. The molecule has 0 amide bonds. The van der Waals surface area contributed by atoms with Crippen LogP contribution in [-0.4, -0.2) is 22.2 Å². The summed E-state index contributed by atoms with van der Waals surface area (Å²) in [5.41, 5.74) is 6.63. The maximum absolute atomic E-state index is 9.48. The number of nitrogen functional groups attached to an aromatic ring is 1. The van der Waals surface area contributed by atoms with Gasteiger partial charge >= 0.3 is 0 Å². The van der Waals surface area contributed by atoms with E-state index >= 15 is 0 Å². The molecule has 0 aliphatic rings. The molecule has 0 spiro atoms. The smallest absolute Gasteiger partial charge is 0.128 e. The normalized spacial score (nSPS) is 11.4. The second kappa shape index (κ2) is 3.84. The highest BCUT2D eigenvalue weighted by Crippen LogP contribution is 2.14. The van der Waals surface area contributed by atoms with Gasteiger partial charge in [-0.1, -0.05) is 0 Å². The number of rotatable bonds is 3. The van der Waals surface area contributed by atoms with Gasteiger partial charge < -0.3 is 16.2 Å². The standard InChI is InChI=1S/C10H17N3O/c1-7-5-12-9(4-8(7)11)13-6-10(2,3)14/h4-5,14H,6H2,1-3H3,(H3,11,12,13). The number of hydrogen-bond acceptors (Lipinski definition) is 4. The van der Waals surface area contributed by atoms with Crippen molar-refractivity contribution in [3.05, 3.63) is 17.8 Å². The van der Waals surface area contributed by atoms with E-state index in [1.54, 1.807) is 26.1 Å². The number of aryl methyl sites for hydroxylation is 1. The van der Waals surface area contributed by atoms with Crippen LogP contribution >= 0.6 is 0 Å². The van der Waals surface area contributed by atoms with Crippen molar-refractivity contribution >= 4 is 11.5 Å². The Balaban J connectivity index is 2.65. The fourth-order valence-corrected chi connectivity index (χ4v) is 0.943. The van der Waals surface area contributed by atoms with E-state index in [1.807, 2.05) is 6.92 Å². The molecule has 0 radical (unpaired) electrons. The molecule has 4 N–H and O–H groups in total.